The lowest BCUT2D eigenvalue weighted by molar-refractivity contribution is -0.387. The van der Waals surface area contributed by atoms with Crippen LogP contribution < -0.4 is 0 Å². The summed E-state index contributed by atoms with van der Waals surface area (Å²) in [4.78, 5) is 34.5. The smallest absolute Gasteiger partial charge is 0.284 e. The Morgan fingerprint density at radius 3 is 2.85 bits per heavy atom. The van der Waals surface area contributed by atoms with Gasteiger partial charge in [0.2, 0.25) is 0 Å². The zero-order valence-electron chi connectivity index (χ0n) is 14.2. The second-order valence-corrected chi connectivity index (χ2v) is 8.33. The van der Waals surface area contributed by atoms with E-state index >= 15 is 0 Å². The zero-order chi connectivity index (χ0) is 18.4. The van der Waals surface area contributed by atoms with Crippen molar-refractivity contribution in [3.05, 3.63) is 50.1 Å². The third kappa shape index (κ3) is 2.89. The molecule has 26 heavy (non-hydrogen) atoms. The van der Waals surface area contributed by atoms with Crippen molar-refractivity contribution in [3.63, 3.8) is 0 Å². The number of carbonyl (C=O) groups is 1. The van der Waals surface area contributed by atoms with E-state index in [9.17, 15) is 14.9 Å². The highest BCUT2D eigenvalue weighted by Gasteiger charge is 2.24. The quantitative estimate of drug-likeness (QED) is 0.279. The lowest BCUT2D eigenvalue weighted by atomic mass is 10.1. The van der Waals surface area contributed by atoms with Crippen LogP contribution in [0, 0.1) is 17.0 Å². The van der Waals surface area contributed by atoms with Gasteiger partial charge in [0, 0.05) is 21.9 Å². The van der Waals surface area contributed by atoms with E-state index in [1.54, 1.807) is 23.5 Å². The van der Waals surface area contributed by atoms with Crippen molar-refractivity contribution < 1.29 is 9.72 Å². The Balaban J connectivity index is 1.85. The molecule has 3 aromatic rings. The molecular weight excluding hydrogens is 370 g/mol. The standard InChI is InChI=1S/C18H15N3O3S2/c1-9(22)11-6-7-15(13(8-11)21(23)24)26-18-16-12-4-3-5-14(12)25-17(16)19-10(2)20-18/h6-8H,3-5H2,1-2H3. The average molecular weight is 385 g/mol. The molecule has 6 nitrogen and oxygen atoms in total. The number of thiophene rings is 1. The van der Waals surface area contributed by atoms with Crippen LogP contribution >= 0.6 is 23.1 Å². The van der Waals surface area contributed by atoms with Crippen LogP contribution in [0.5, 0.6) is 0 Å². The number of benzene rings is 1. The minimum Gasteiger partial charge on any atom is -0.295 e. The van der Waals surface area contributed by atoms with Crippen molar-refractivity contribution in [2.75, 3.05) is 0 Å². The van der Waals surface area contributed by atoms with Crippen molar-refractivity contribution in [1.82, 2.24) is 9.97 Å². The molecule has 2 aromatic heterocycles. The monoisotopic (exact) mass is 385 g/mol. The fourth-order valence-corrected chi connectivity index (χ4v) is 5.66. The summed E-state index contributed by atoms with van der Waals surface area (Å²) >= 11 is 2.98. The minimum atomic E-state index is -0.446. The predicted molar refractivity (Wildman–Crippen MR) is 101 cm³/mol. The fraction of sp³-hybridized carbons (Fsp3) is 0.278. The molecule has 8 heteroatoms. The number of carbonyl (C=O) groups excluding carboxylic acids is 1. The number of aromatic nitrogens is 2. The van der Waals surface area contributed by atoms with Gasteiger partial charge in [-0.1, -0.05) is 11.8 Å². The van der Waals surface area contributed by atoms with E-state index in [2.05, 4.69) is 9.97 Å². The molecule has 0 N–H and O–H groups in total. The summed E-state index contributed by atoms with van der Waals surface area (Å²) in [5.74, 6) is 0.462. The summed E-state index contributed by atoms with van der Waals surface area (Å²) in [6, 6.07) is 4.60. The number of hydrogen-bond acceptors (Lipinski definition) is 7. The Morgan fingerprint density at radius 1 is 1.31 bits per heavy atom. The molecule has 0 radical (unpaired) electrons. The maximum Gasteiger partial charge on any atom is 0.284 e. The van der Waals surface area contributed by atoms with Gasteiger partial charge >= 0.3 is 0 Å². The van der Waals surface area contributed by atoms with E-state index in [1.807, 2.05) is 6.92 Å². The van der Waals surface area contributed by atoms with E-state index < -0.39 is 4.92 Å². The summed E-state index contributed by atoms with van der Waals surface area (Å²) in [5, 5.41) is 13.3. The van der Waals surface area contributed by atoms with Gasteiger partial charge in [-0.2, -0.15) is 0 Å². The highest BCUT2D eigenvalue weighted by molar-refractivity contribution is 7.99. The Bertz CT molecular complexity index is 1080. The van der Waals surface area contributed by atoms with Gasteiger partial charge in [0.1, 0.15) is 15.7 Å². The zero-order valence-corrected chi connectivity index (χ0v) is 15.9. The molecule has 4 rings (SSSR count). The molecule has 1 aliphatic carbocycles. The molecule has 0 unspecified atom stereocenters. The Labute approximate surface area is 157 Å². The van der Waals surface area contributed by atoms with Gasteiger partial charge < -0.3 is 0 Å². The van der Waals surface area contributed by atoms with E-state index in [1.165, 1.54) is 35.2 Å². The van der Waals surface area contributed by atoms with Crippen LogP contribution in [0.2, 0.25) is 0 Å². The van der Waals surface area contributed by atoms with Crippen LogP contribution in [0.1, 0.15) is 40.0 Å². The topological polar surface area (TPSA) is 86.0 Å². The molecule has 0 atom stereocenters. The van der Waals surface area contributed by atoms with Crippen LogP contribution in [0.15, 0.2) is 28.1 Å². The van der Waals surface area contributed by atoms with Gasteiger partial charge in [-0.15, -0.1) is 11.3 Å². The summed E-state index contributed by atoms with van der Waals surface area (Å²) in [6.45, 7) is 3.24. The Morgan fingerprint density at radius 2 is 2.12 bits per heavy atom. The van der Waals surface area contributed by atoms with Crippen molar-refractivity contribution in [2.24, 2.45) is 0 Å². The largest absolute Gasteiger partial charge is 0.295 e. The molecule has 0 aliphatic heterocycles. The summed E-state index contributed by atoms with van der Waals surface area (Å²) in [7, 11) is 0. The number of rotatable bonds is 4. The van der Waals surface area contributed by atoms with Gasteiger partial charge in [0.25, 0.3) is 5.69 Å². The third-order valence-electron chi connectivity index (χ3n) is 4.41. The summed E-state index contributed by atoms with van der Waals surface area (Å²) < 4.78 is 0. The highest BCUT2D eigenvalue weighted by atomic mass is 32.2. The predicted octanol–water partition coefficient (Wildman–Crippen LogP) is 4.75. The van der Waals surface area contributed by atoms with Gasteiger partial charge in [0.15, 0.2) is 5.78 Å². The lowest BCUT2D eigenvalue weighted by Gasteiger charge is -2.07. The molecule has 1 aliphatic rings. The molecular formula is C18H15N3O3S2. The fourth-order valence-electron chi connectivity index (χ4n) is 3.21. The number of nitro benzene ring substituents is 1. The summed E-state index contributed by atoms with van der Waals surface area (Å²) in [6.07, 6.45) is 3.19. The van der Waals surface area contributed by atoms with Crippen LogP contribution in [0.4, 0.5) is 5.69 Å². The Hall–Kier alpha value is -2.32. The number of fused-ring (bicyclic) bond motifs is 3. The third-order valence-corrected chi connectivity index (χ3v) is 6.65. The van der Waals surface area contributed by atoms with Crippen LogP contribution in [0.25, 0.3) is 10.2 Å². The second kappa shape index (κ2) is 6.44. The number of aryl methyl sites for hydroxylation is 3. The van der Waals surface area contributed by atoms with E-state index in [0.717, 1.165) is 34.5 Å². The minimum absolute atomic E-state index is 0.0704. The second-order valence-electron chi connectivity index (χ2n) is 6.21. The molecule has 0 spiro atoms. The lowest BCUT2D eigenvalue weighted by Crippen LogP contribution is -1.98. The number of nitro groups is 1. The van der Waals surface area contributed by atoms with Crippen molar-refractivity contribution >= 4 is 44.8 Å². The maximum absolute atomic E-state index is 11.6. The number of hydrogen-bond donors (Lipinski definition) is 0. The molecule has 0 fully saturated rings. The molecule has 0 amide bonds. The van der Waals surface area contributed by atoms with Gasteiger partial charge in [0.05, 0.1) is 9.82 Å². The van der Waals surface area contributed by atoms with Crippen LogP contribution in [0.3, 0.4) is 0 Å². The Kier molecular flexibility index (Phi) is 4.24. The first-order chi connectivity index (χ1) is 12.4. The molecule has 1 aromatic carbocycles. The first-order valence-electron chi connectivity index (χ1n) is 8.20. The van der Waals surface area contributed by atoms with E-state index in [-0.39, 0.29) is 11.5 Å². The number of ketones is 1. The van der Waals surface area contributed by atoms with E-state index in [0.29, 0.717) is 16.3 Å². The molecule has 0 bridgehead atoms. The molecule has 0 saturated heterocycles. The van der Waals surface area contributed by atoms with Gasteiger partial charge in [-0.3, -0.25) is 14.9 Å². The molecule has 2 heterocycles. The SMILES string of the molecule is CC(=O)c1ccc(Sc2nc(C)nc3sc4c(c23)CCC4)c([N+](=O)[O-])c1. The van der Waals surface area contributed by atoms with Crippen LogP contribution in [-0.2, 0) is 12.8 Å². The van der Waals surface area contributed by atoms with Crippen LogP contribution in [-0.4, -0.2) is 20.7 Å². The van der Waals surface area contributed by atoms with Crippen molar-refractivity contribution in [2.45, 2.75) is 43.0 Å². The van der Waals surface area contributed by atoms with Gasteiger partial charge in [-0.25, -0.2) is 9.97 Å². The number of Topliss-reactive ketones (excluding diaryl/α,β-unsaturated/α-hetero) is 1. The van der Waals surface area contributed by atoms with Crippen molar-refractivity contribution in [3.8, 4) is 0 Å². The molecule has 0 saturated carbocycles. The molecule has 132 valence electrons. The first kappa shape index (κ1) is 17.1. The number of nitrogens with zero attached hydrogens (tertiary/aromatic N) is 3. The van der Waals surface area contributed by atoms with E-state index in [4.69, 9.17) is 0 Å². The average Bonchev–Trinajstić information content (AvgIpc) is 3.14. The summed E-state index contributed by atoms with van der Waals surface area (Å²) in [5.41, 5.74) is 1.55. The first-order valence-corrected chi connectivity index (χ1v) is 9.83. The maximum atomic E-state index is 11.6. The van der Waals surface area contributed by atoms with Crippen molar-refractivity contribution in [1.29, 1.82) is 0 Å². The normalized spacial score (nSPS) is 13.2. The van der Waals surface area contributed by atoms with Gasteiger partial charge in [-0.05, 0) is 50.8 Å². The highest BCUT2D eigenvalue weighted by Crippen LogP contribution is 2.43.